The van der Waals surface area contributed by atoms with Crippen LogP contribution in [-0.4, -0.2) is 41.9 Å². The molecule has 0 aliphatic carbocycles. The molecule has 1 aromatic heterocycles. The molecule has 0 spiro atoms. The van der Waals surface area contributed by atoms with Crippen LogP contribution >= 0.6 is 24.8 Å². The van der Waals surface area contributed by atoms with Crippen LogP contribution < -0.4 is 10.2 Å². The van der Waals surface area contributed by atoms with Gasteiger partial charge in [-0.05, 0) is 31.5 Å². The van der Waals surface area contributed by atoms with Gasteiger partial charge in [0, 0.05) is 31.7 Å². The van der Waals surface area contributed by atoms with Gasteiger partial charge >= 0.3 is 0 Å². The van der Waals surface area contributed by atoms with E-state index < -0.39 is 5.60 Å². The molecule has 0 aromatic carbocycles. The third kappa shape index (κ3) is 3.17. The van der Waals surface area contributed by atoms with Gasteiger partial charge in [-0.3, -0.25) is 0 Å². The van der Waals surface area contributed by atoms with Gasteiger partial charge in [-0.2, -0.15) is 0 Å². The maximum Gasteiger partial charge on any atom is 0.165 e. The topological polar surface area (TPSA) is 48.4 Å². The number of hydrogen-bond donors (Lipinski definition) is 2. The number of nitrogens with one attached hydrogen (secondary N) is 1. The molecule has 2 aliphatic heterocycles. The second kappa shape index (κ2) is 6.89. The number of anilines is 1. The Hall–Kier alpha value is -0.620. The molecule has 0 unspecified atom stereocenters. The summed E-state index contributed by atoms with van der Waals surface area (Å²) in [6.45, 7) is 2.99. The van der Waals surface area contributed by atoms with Crippen molar-refractivity contribution in [3.05, 3.63) is 24.1 Å². The third-order valence-corrected chi connectivity index (χ3v) is 4.18. The minimum atomic E-state index is -0.576. The molecule has 2 fully saturated rings. The van der Waals surface area contributed by atoms with Crippen molar-refractivity contribution >= 4 is 30.6 Å². The Bertz CT molecular complexity index is 451. The molecule has 0 amide bonds. The minimum absolute atomic E-state index is 0. The second-order valence-corrected chi connectivity index (χ2v) is 5.26. The molecule has 20 heavy (non-hydrogen) atoms. The second-order valence-electron chi connectivity index (χ2n) is 5.26. The van der Waals surface area contributed by atoms with Crippen LogP contribution in [-0.2, 0) is 0 Å². The molecule has 0 bridgehead atoms. The van der Waals surface area contributed by atoms with Gasteiger partial charge in [-0.15, -0.1) is 24.8 Å². The first-order valence-electron chi connectivity index (χ1n) is 6.48. The molecule has 114 valence electrons. The van der Waals surface area contributed by atoms with Gasteiger partial charge in [0.05, 0.1) is 5.60 Å². The highest BCUT2D eigenvalue weighted by Gasteiger charge is 2.43. The van der Waals surface area contributed by atoms with Crippen molar-refractivity contribution in [2.45, 2.75) is 18.4 Å². The molecule has 2 saturated heterocycles. The van der Waals surface area contributed by atoms with Crippen LogP contribution in [0.1, 0.15) is 12.8 Å². The Balaban J connectivity index is 0.000001000. The minimum Gasteiger partial charge on any atom is -0.389 e. The summed E-state index contributed by atoms with van der Waals surface area (Å²) >= 11 is 0. The van der Waals surface area contributed by atoms with Crippen molar-refractivity contribution in [1.82, 2.24) is 10.3 Å². The fourth-order valence-corrected chi connectivity index (χ4v) is 3.03. The predicted octanol–water partition coefficient (Wildman–Crippen LogP) is 1.61. The van der Waals surface area contributed by atoms with Gasteiger partial charge in [0.25, 0.3) is 0 Å². The van der Waals surface area contributed by atoms with Gasteiger partial charge in [-0.25, -0.2) is 9.37 Å². The van der Waals surface area contributed by atoms with E-state index in [0.29, 0.717) is 25.3 Å². The van der Waals surface area contributed by atoms with E-state index in [1.807, 2.05) is 4.90 Å². The van der Waals surface area contributed by atoms with Gasteiger partial charge in [0.1, 0.15) is 0 Å². The molecule has 3 rings (SSSR count). The summed E-state index contributed by atoms with van der Waals surface area (Å²) in [4.78, 5) is 6.06. The quantitative estimate of drug-likeness (QED) is 0.824. The Morgan fingerprint density at radius 2 is 2.20 bits per heavy atom. The molecule has 0 radical (unpaired) electrons. The first-order valence-corrected chi connectivity index (χ1v) is 6.48. The van der Waals surface area contributed by atoms with E-state index in [-0.39, 0.29) is 36.5 Å². The highest BCUT2D eigenvalue weighted by Crippen LogP contribution is 2.34. The number of rotatable bonds is 1. The molecule has 3 heterocycles. The van der Waals surface area contributed by atoms with E-state index in [1.54, 1.807) is 12.3 Å². The lowest BCUT2D eigenvalue weighted by atomic mass is 9.76. The van der Waals surface area contributed by atoms with Crippen molar-refractivity contribution in [2.75, 3.05) is 31.1 Å². The number of hydrogen-bond acceptors (Lipinski definition) is 4. The first kappa shape index (κ1) is 17.4. The van der Waals surface area contributed by atoms with Crippen LogP contribution in [0.4, 0.5) is 10.2 Å². The Morgan fingerprint density at radius 1 is 1.40 bits per heavy atom. The summed E-state index contributed by atoms with van der Waals surface area (Å²) in [6.07, 6.45) is 3.09. The van der Waals surface area contributed by atoms with Crippen molar-refractivity contribution in [3.63, 3.8) is 0 Å². The zero-order valence-corrected chi connectivity index (χ0v) is 12.7. The summed E-state index contributed by atoms with van der Waals surface area (Å²) < 4.78 is 13.7. The molecule has 2 aliphatic rings. The van der Waals surface area contributed by atoms with E-state index in [9.17, 15) is 9.50 Å². The van der Waals surface area contributed by atoms with Crippen LogP contribution in [0.25, 0.3) is 0 Å². The Labute approximate surface area is 130 Å². The molecular weight excluding hydrogens is 304 g/mol. The summed E-state index contributed by atoms with van der Waals surface area (Å²) in [6, 6.07) is 3.03. The highest BCUT2D eigenvalue weighted by molar-refractivity contribution is 5.85. The van der Waals surface area contributed by atoms with E-state index in [0.717, 1.165) is 19.5 Å². The predicted molar refractivity (Wildman–Crippen MR) is 81.4 cm³/mol. The highest BCUT2D eigenvalue weighted by atomic mass is 35.5. The zero-order valence-electron chi connectivity index (χ0n) is 11.1. The SMILES string of the molecule is Cl.Cl.O[C@]12CCNC[C@H]1CN(c1ncccc1F)CC2. The number of fused-ring (bicyclic) bond motifs is 1. The maximum absolute atomic E-state index is 13.7. The van der Waals surface area contributed by atoms with Crippen molar-refractivity contribution in [3.8, 4) is 0 Å². The van der Waals surface area contributed by atoms with Crippen molar-refractivity contribution < 1.29 is 9.50 Å². The average Bonchev–Trinajstić information content (AvgIpc) is 2.38. The number of halogens is 3. The Morgan fingerprint density at radius 3 is 2.95 bits per heavy atom. The number of nitrogens with zero attached hydrogens (tertiary/aromatic N) is 2. The maximum atomic E-state index is 13.7. The Kier molecular flexibility index (Phi) is 6.01. The fraction of sp³-hybridized carbons (Fsp3) is 0.615. The molecular formula is C13H20Cl2FN3O. The van der Waals surface area contributed by atoms with Crippen LogP contribution in [0.5, 0.6) is 0 Å². The molecule has 4 nitrogen and oxygen atoms in total. The number of pyridine rings is 1. The van der Waals surface area contributed by atoms with Crippen LogP contribution in [0.3, 0.4) is 0 Å². The van der Waals surface area contributed by atoms with Gasteiger partial charge in [0.15, 0.2) is 11.6 Å². The lowest BCUT2D eigenvalue weighted by Crippen LogP contribution is -2.59. The monoisotopic (exact) mass is 323 g/mol. The van der Waals surface area contributed by atoms with Crippen LogP contribution in [0.15, 0.2) is 18.3 Å². The lowest BCUT2D eigenvalue weighted by Gasteiger charge is -2.47. The lowest BCUT2D eigenvalue weighted by molar-refractivity contribution is -0.0540. The van der Waals surface area contributed by atoms with E-state index in [1.165, 1.54) is 6.07 Å². The third-order valence-electron chi connectivity index (χ3n) is 4.18. The summed E-state index contributed by atoms with van der Waals surface area (Å²) in [5.41, 5.74) is -0.576. The van der Waals surface area contributed by atoms with Crippen LogP contribution in [0, 0.1) is 11.7 Å². The normalized spacial score (nSPS) is 28.9. The standard InChI is InChI=1S/C13H18FN3O.2ClH/c14-11-2-1-5-16-12(11)17-7-4-13(18)3-6-15-8-10(13)9-17;;/h1-2,5,10,15,18H,3-4,6-9H2;2*1H/t10-,13-;;/m0../s1. The smallest absolute Gasteiger partial charge is 0.165 e. The van der Waals surface area contributed by atoms with Crippen molar-refractivity contribution in [2.24, 2.45) is 5.92 Å². The summed E-state index contributed by atoms with van der Waals surface area (Å²) in [7, 11) is 0. The summed E-state index contributed by atoms with van der Waals surface area (Å²) in [5.74, 6) is 0.276. The molecule has 2 N–H and O–H groups in total. The average molecular weight is 324 g/mol. The van der Waals surface area contributed by atoms with Crippen molar-refractivity contribution in [1.29, 1.82) is 0 Å². The number of aromatic nitrogens is 1. The fourth-order valence-electron chi connectivity index (χ4n) is 3.03. The van der Waals surface area contributed by atoms with Gasteiger partial charge in [-0.1, -0.05) is 0 Å². The van der Waals surface area contributed by atoms with Gasteiger partial charge < -0.3 is 15.3 Å². The molecule has 2 atom stereocenters. The van der Waals surface area contributed by atoms with E-state index in [2.05, 4.69) is 10.3 Å². The van der Waals surface area contributed by atoms with Crippen LogP contribution in [0.2, 0.25) is 0 Å². The number of piperidine rings is 2. The van der Waals surface area contributed by atoms with E-state index in [4.69, 9.17) is 0 Å². The largest absolute Gasteiger partial charge is 0.389 e. The number of aliphatic hydroxyl groups is 1. The first-order chi connectivity index (χ1) is 8.69. The molecule has 7 heteroatoms. The van der Waals surface area contributed by atoms with Gasteiger partial charge in [0.2, 0.25) is 0 Å². The molecule has 1 aromatic rings. The summed E-state index contributed by atoms with van der Waals surface area (Å²) in [5, 5.41) is 13.8. The zero-order chi connectivity index (χ0) is 12.6. The van der Waals surface area contributed by atoms with E-state index >= 15 is 0 Å². The molecule has 0 saturated carbocycles.